The maximum Gasteiger partial charge on any atom is 0.407 e. The number of carboxylic acid groups (broad SMARTS) is 1. The largest absolute Gasteiger partial charge is 0.474 e. The Bertz CT molecular complexity index is 1280. The number of hydrogen-bond donors (Lipinski definition) is 2. The summed E-state index contributed by atoms with van der Waals surface area (Å²) in [6, 6.07) is 7.49. The molecule has 42 heavy (non-hydrogen) atoms. The topological polar surface area (TPSA) is 119 Å². The summed E-state index contributed by atoms with van der Waals surface area (Å²) < 4.78 is 25.0. The number of piperazine rings is 1. The van der Waals surface area contributed by atoms with Crippen molar-refractivity contribution in [2.24, 2.45) is 0 Å². The Morgan fingerprint density at radius 2 is 1.81 bits per heavy atom. The second-order valence-electron chi connectivity index (χ2n) is 11.6. The lowest BCUT2D eigenvalue weighted by atomic mass is 10.0. The first kappa shape index (κ1) is 30.1. The number of nitrogens with zero attached hydrogens (tertiary/aromatic N) is 5. The van der Waals surface area contributed by atoms with E-state index in [1.807, 2.05) is 19.9 Å². The second kappa shape index (κ2) is 12.9. The number of fused-ring (bicyclic) bond motifs is 1. The van der Waals surface area contributed by atoms with Gasteiger partial charge in [0.15, 0.2) is 0 Å². The molecule has 1 aromatic carbocycles. The minimum Gasteiger partial charge on any atom is -0.474 e. The fourth-order valence-corrected chi connectivity index (χ4v) is 6.14. The SMILES string of the molecule is CC1COCCN1C[C@H]1CN(C(=O)O)[C@H](C)CN1CC(=O)N1c2cc(Cc3ccc(F)cc3)c(CO)nc2OCC1C. The molecule has 3 aliphatic rings. The third-order valence-corrected chi connectivity index (χ3v) is 8.51. The molecule has 1 aromatic heterocycles. The van der Waals surface area contributed by atoms with Crippen LogP contribution >= 0.6 is 0 Å². The summed E-state index contributed by atoms with van der Waals surface area (Å²) in [6.07, 6.45) is -0.551. The summed E-state index contributed by atoms with van der Waals surface area (Å²) >= 11 is 0. The van der Waals surface area contributed by atoms with Crippen molar-refractivity contribution in [2.45, 2.75) is 58.0 Å². The third kappa shape index (κ3) is 6.51. The molecule has 2 N–H and O–H groups in total. The number of amides is 2. The van der Waals surface area contributed by atoms with E-state index in [2.05, 4.69) is 21.7 Å². The second-order valence-corrected chi connectivity index (χ2v) is 11.6. The van der Waals surface area contributed by atoms with Crippen LogP contribution in [0.25, 0.3) is 0 Å². The molecule has 0 radical (unpaired) electrons. The van der Waals surface area contributed by atoms with Crippen LogP contribution in [0.2, 0.25) is 0 Å². The average molecular weight is 586 g/mol. The summed E-state index contributed by atoms with van der Waals surface area (Å²) in [7, 11) is 0. The van der Waals surface area contributed by atoms with Gasteiger partial charge in [0.25, 0.3) is 0 Å². The molecule has 2 amide bonds. The van der Waals surface area contributed by atoms with Gasteiger partial charge in [0.1, 0.15) is 18.1 Å². The number of carbonyl (C=O) groups excluding carboxylic acids is 1. The molecule has 12 heteroatoms. The van der Waals surface area contributed by atoms with Gasteiger partial charge in [-0.1, -0.05) is 12.1 Å². The number of anilines is 1. The van der Waals surface area contributed by atoms with Crippen LogP contribution in [-0.4, -0.2) is 119 Å². The Morgan fingerprint density at radius 1 is 1.05 bits per heavy atom. The molecule has 2 fully saturated rings. The number of aliphatic hydroxyl groups excluding tert-OH is 1. The van der Waals surface area contributed by atoms with Crippen LogP contribution in [0, 0.1) is 5.82 Å². The third-order valence-electron chi connectivity index (χ3n) is 8.51. The van der Waals surface area contributed by atoms with E-state index < -0.39 is 6.09 Å². The highest BCUT2D eigenvalue weighted by Gasteiger charge is 2.39. The van der Waals surface area contributed by atoms with Gasteiger partial charge in [-0.3, -0.25) is 14.6 Å². The van der Waals surface area contributed by atoms with Gasteiger partial charge in [0.2, 0.25) is 11.8 Å². The van der Waals surface area contributed by atoms with Crippen molar-refractivity contribution in [1.82, 2.24) is 19.7 Å². The Balaban J connectivity index is 1.40. The van der Waals surface area contributed by atoms with Crippen molar-refractivity contribution in [2.75, 3.05) is 57.4 Å². The number of ether oxygens (including phenoxy) is 2. The lowest BCUT2D eigenvalue weighted by molar-refractivity contribution is -0.122. The number of aliphatic hydroxyl groups is 1. The van der Waals surface area contributed by atoms with E-state index in [-0.39, 0.29) is 61.5 Å². The van der Waals surface area contributed by atoms with Crippen LogP contribution in [-0.2, 0) is 22.6 Å². The Labute approximate surface area is 245 Å². The fraction of sp³-hybridized carbons (Fsp3) is 0.567. The number of carbonyl (C=O) groups is 2. The maximum atomic E-state index is 14.1. The summed E-state index contributed by atoms with van der Waals surface area (Å²) in [4.78, 5) is 38.2. The monoisotopic (exact) mass is 585 g/mol. The molecule has 2 saturated heterocycles. The molecule has 228 valence electrons. The lowest BCUT2D eigenvalue weighted by Crippen LogP contribution is -2.64. The van der Waals surface area contributed by atoms with Gasteiger partial charge in [0.05, 0.1) is 38.1 Å². The Kier molecular flexibility index (Phi) is 9.26. The molecule has 0 saturated carbocycles. The molecule has 2 unspecified atom stereocenters. The van der Waals surface area contributed by atoms with Gasteiger partial charge in [-0.05, 0) is 56.5 Å². The predicted molar refractivity (Wildman–Crippen MR) is 153 cm³/mol. The molecular weight excluding hydrogens is 545 g/mol. The minimum absolute atomic E-state index is 0.111. The van der Waals surface area contributed by atoms with E-state index in [4.69, 9.17) is 9.47 Å². The quantitative estimate of drug-likeness (QED) is 0.504. The Morgan fingerprint density at radius 3 is 2.50 bits per heavy atom. The maximum absolute atomic E-state index is 14.1. The van der Waals surface area contributed by atoms with E-state index in [1.165, 1.54) is 17.0 Å². The van der Waals surface area contributed by atoms with Crippen molar-refractivity contribution in [3.63, 3.8) is 0 Å². The van der Waals surface area contributed by atoms with Crippen LogP contribution < -0.4 is 9.64 Å². The minimum atomic E-state index is -0.955. The summed E-state index contributed by atoms with van der Waals surface area (Å²) in [5.41, 5.74) is 2.55. The first-order chi connectivity index (χ1) is 20.1. The van der Waals surface area contributed by atoms with Gasteiger partial charge in [-0.25, -0.2) is 14.2 Å². The van der Waals surface area contributed by atoms with Crippen molar-refractivity contribution in [1.29, 1.82) is 0 Å². The zero-order valence-corrected chi connectivity index (χ0v) is 24.4. The number of aromatic nitrogens is 1. The van der Waals surface area contributed by atoms with Crippen LogP contribution in [0.15, 0.2) is 30.3 Å². The van der Waals surface area contributed by atoms with E-state index in [9.17, 15) is 24.2 Å². The molecule has 0 bridgehead atoms. The Hall–Kier alpha value is -3.32. The van der Waals surface area contributed by atoms with Gasteiger partial charge >= 0.3 is 6.09 Å². The average Bonchev–Trinajstić information content (AvgIpc) is 2.96. The van der Waals surface area contributed by atoms with Crippen LogP contribution in [0.1, 0.15) is 37.6 Å². The summed E-state index contributed by atoms with van der Waals surface area (Å²) in [5.74, 6) is -0.172. The highest BCUT2D eigenvalue weighted by atomic mass is 19.1. The van der Waals surface area contributed by atoms with Crippen LogP contribution in [0.3, 0.4) is 0 Å². The number of pyridine rings is 1. The number of benzene rings is 1. The number of rotatable bonds is 7. The summed E-state index contributed by atoms with van der Waals surface area (Å²) in [5, 5.41) is 19.9. The summed E-state index contributed by atoms with van der Waals surface area (Å²) in [6.45, 7) is 9.33. The molecule has 2 aromatic rings. The molecule has 4 heterocycles. The van der Waals surface area contributed by atoms with Gasteiger partial charge in [-0.2, -0.15) is 0 Å². The zero-order chi connectivity index (χ0) is 30.0. The van der Waals surface area contributed by atoms with Crippen LogP contribution in [0.5, 0.6) is 5.88 Å². The molecule has 5 rings (SSSR count). The van der Waals surface area contributed by atoms with E-state index in [0.717, 1.165) is 17.7 Å². The van der Waals surface area contributed by atoms with Crippen molar-refractivity contribution in [3.8, 4) is 5.88 Å². The van der Waals surface area contributed by atoms with Gasteiger partial charge in [0, 0.05) is 44.3 Å². The molecule has 0 spiro atoms. The fourth-order valence-electron chi connectivity index (χ4n) is 6.14. The van der Waals surface area contributed by atoms with E-state index in [0.29, 0.717) is 50.7 Å². The number of hydrogen-bond acceptors (Lipinski definition) is 8. The molecule has 3 aliphatic heterocycles. The van der Waals surface area contributed by atoms with Crippen molar-refractivity contribution in [3.05, 3.63) is 53.0 Å². The standard InChI is InChI=1S/C30H40FN5O6/c1-19-12-34(25(14-35(19)30(39)40)13-33-8-9-41-17-20(33)2)15-28(38)36-21(3)18-42-29-27(36)11-23(26(16-37)32-29)10-22-4-6-24(31)7-5-22/h4-7,11,19-21,25,37H,8-10,12-18H2,1-3H3,(H,39,40)/t19-,20?,21?,25+/m1/s1. The number of halogens is 1. The number of morpholine rings is 1. The normalized spacial score (nSPS) is 25.2. The molecule has 0 aliphatic carbocycles. The van der Waals surface area contributed by atoms with Gasteiger partial charge < -0.3 is 29.5 Å². The van der Waals surface area contributed by atoms with Gasteiger partial charge in [-0.15, -0.1) is 0 Å². The molecule has 11 nitrogen and oxygen atoms in total. The van der Waals surface area contributed by atoms with Crippen molar-refractivity contribution < 1.29 is 33.7 Å². The van der Waals surface area contributed by atoms with E-state index in [1.54, 1.807) is 17.0 Å². The highest BCUT2D eigenvalue weighted by molar-refractivity contribution is 5.97. The van der Waals surface area contributed by atoms with Crippen molar-refractivity contribution >= 4 is 17.7 Å². The molecule has 4 atom stereocenters. The smallest absolute Gasteiger partial charge is 0.407 e. The van der Waals surface area contributed by atoms with Crippen LogP contribution in [0.4, 0.5) is 14.9 Å². The predicted octanol–water partition coefficient (Wildman–Crippen LogP) is 2.19. The first-order valence-corrected chi connectivity index (χ1v) is 14.5. The first-order valence-electron chi connectivity index (χ1n) is 14.5. The highest BCUT2D eigenvalue weighted by Crippen LogP contribution is 2.35. The van der Waals surface area contributed by atoms with E-state index >= 15 is 0 Å². The lowest BCUT2D eigenvalue weighted by Gasteiger charge is -2.47. The zero-order valence-electron chi connectivity index (χ0n) is 24.4. The molecular formula is C30H40FN5O6.